The maximum atomic E-state index is 2.51. The monoisotopic (exact) mass is 476 g/mol. The van der Waals surface area contributed by atoms with Gasteiger partial charge in [-0.3, -0.25) is 0 Å². The SMILES string of the molecule is CC(Cc1ccc(C(C)(C)C)c(C(C)(C)C)c1)c1c(C(C)(C)C)ccc(C(C)(C)C)c1C(C)(C)C. The first-order valence-electron chi connectivity index (χ1n) is 13.8. The van der Waals surface area contributed by atoms with Crippen LogP contribution in [0.4, 0.5) is 0 Å². The number of benzene rings is 2. The van der Waals surface area contributed by atoms with Gasteiger partial charge >= 0.3 is 0 Å². The first kappa shape index (κ1) is 29.7. The molecular formula is C35H56. The Balaban J connectivity index is 2.78. The maximum Gasteiger partial charge on any atom is -0.0126 e. The van der Waals surface area contributed by atoms with Crippen molar-refractivity contribution in [3.63, 3.8) is 0 Å². The smallest absolute Gasteiger partial charge is 0.0126 e. The Morgan fingerprint density at radius 2 is 0.886 bits per heavy atom. The van der Waals surface area contributed by atoms with Crippen molar-refractivity contribution in [2.24, 2.45) is 0 Å². The summed E-state index contributed by atoms with van der Waals surface area (Å²) in [6, 6.07) is 12.2. The molecule has 0 fully saturated rings. The first-order chi connectivity index (χ1) is 15.5. The van der Waals surface area contributed by atoms with Crippen molar-refractivity contribution in [3.8, 4) is 0 Å². The molecule has 1 atom stereocenters. The van der Waals surface area contributed by atoms with Gasteiger partial charge in [0.15, 0.2) is 0 Å². The minimum atomic E-state index is 0.0835. The van der Waals surface area contributed by atoms with Crippen molar-refractivity contribution in [2.45, 2.75) is 150 Å². The van der Waals surface area contributed by atoms with Gasteiger partial charge in [0.1, 0.15) is 0 Å². The molecule has 0 aliphatic rings. The zero-order valence-electron chi connectivity index (χ0n) is 26.2. The van der Waals surface area contributed by atoms with Crippen molar-refractivity contribution in [3.05, 3.63) is 69.3 Å². The van der Waals surface area contributed by atoms with E-state index < -0.39 is 0 Å². The summed E-state index contributed by atoms with van der Waals surface area (Å²) in [5.74, 6) is 0.439. The van der Waals surface area contributed by atoms with Gasteiger partial charge in [-0.25, -0.2) is 0 Å². The second kappa shape index (κ2) is 9.39. The van der Waals surface area contributed by atoms with Gasteiger partial charge in [-0.05, 0) is 78.4 Å². The van der Waals surface area contributed by atoms with Gasteiger partial charge in [-0.15, -0.1) is 0 Å². The molecule has 0 aliphatic heterocycles. The van der Waals surface area contributed by atoms with E-state index in [1.807, 2.05) is 0 Å². The molecular weight excluding hydrogens is 420 g/mol. The molecule has 35 heavy (non-hydrogen) atoms. The van der Waals surface area contributed by atoms with E-state index in [4.69, 9.17) is 0 Å². The lowest BCUT2D eigenvalue weighted by Crippen LogP contribution is -2.28. The molecule has 2 rings (SSSR count). The Bertz CT molecular complexity index is 1030. The van der Waals surface area contributed by atoms with Crippen molar-refractivity contribution >= 4 is 0 Å². The van der Waals surface area contributed by atoms with E-state index in [9.17, 15) is 0 Å². The van der Waals surface area contributed by atoms with E-state index in [2.05, 4.69) is 141 Å². The summed E-state index contributed by atoms with van der Waals surface area (Å²) in [4.78, 5) is 0. The average Bonchev–Trinajstić information content (AvgIpc) is 2.63. The normalized spacial score (nSPS) is 14.9. The topological polar surface area (TPSA) is 0 Å². The molecule has 1 unspecified atom stereocenters. The lowest BCUT2D eigenvalue weighted by molar-refractivity contribution is 0.505. The van der Waals surface area contributed by atoms with Crippen LogP contribution in [0.15, 0.2) is 30.3 Å². The zero-order valence-corrected chi connectivity index (χ0v) is 26.2. The molecule has 196 valence electrons. The van der Waals surface area contributed by atoms with E-state index in [0.717, 1.165) is 6.42 Å². The predicted molar refractivity (Wildman–Crippen MR) is 159 cm³/mol. The quantitative estimate of drug-likeness (QED) is 0.413. The van der Waals surface area contributed by atoms with Crippen molar-refractivity contribution in [1.82, 2.24) is 0 Å². The number of rotatable bonds is 3. The predicted octanol–water partition coefficient (Wildman–Crippen LogP) is 10.5. The highest BCUT2D eigenvalue weighted by atomic mass is 14.4. The highest BCUT2D eigenvalue weighted by molar-refractivity contribution is 5.52. The molecule has 2 aromatic carbocycles. The third kappa shape index (κ3) is 6.81. The van der Waals surface area contributed by atoms with Crippen LogP contribution in [0.3, 0.4) is 0 Å². The molecule has 0 nitrogen and oxygen atoms in total. The van der Waals surface area contributed by atoms with Crippen LogP contribution in [0, 0.1) is 0 Å². The molecule has 0 spiro atoms. The van der Waals surface area contributed by atoms with Gasteiger partial charge in [-0.1, -0.05) is 141 Å². The Labute approximate surface area is 219 Å². The average molecular weight is 477 g/mol. The van der Waals surface area contributed by atoms with Gasteiger partial charge in [0.05, 0.1) is 0 Å². The second-order valence-corrected chi connectivity index (χ2v) is 16.2. The molecule has 2 aromatic rings. The standard InChI is InChI=1S/C35H56/c1-23(21-24-17-18-25(31(2,3)4)28(22-24)34(11,12)13)29-26(32(5,6)7)19-20-27(33(8,9)10)30(29)35(14,15)16/h17-20,22-23H,21H2,1-16H3. The Morgan fingerprint density at radius 3 is 1.29 bits per heavy atom. The summed E-state index contributed by atoms with van der Waals surface area (Å²) in [5, 5.41) is 0. The highest BCUT2D eigenvalue weighted by Gasteiger charge is 2.34. The lowest BCUT2D eigenvalue weighted by Gasteiger charge is -2.38. The van der Waals surface area contributed by atoms with Crippen molar-refractivity contribution < 1.29 is 0 Å². The molecule has 0 aliphatic carbocycles. The second-order valence-electron chi connectivity index (χ2n) is 16.2. The summed E-state index contributed by atoms with van der Waals surface area (Å²) in [5.41, 5.74) is 11.1. The summed E-state index contributed by atoms with van der Waals surface area (Å²) < 4.78 is 0. The van der Waals surface area contributed by atoms with E-state index in [1.165, 1.54) is 27.8 Å². The molecule has 0 N–H and O–H groups in total. The highest BCUT2D eigenvalue weighted by Crippen LogP contribution is 2.44. The van der Waals surface area contributed by atoms with E-state index >= 15 is 0 Å². The van der Waals surface area contributed by atoms with Crippen molar-refractivity contribution in [2.75, 3.05) is 0 Å². The van der Waals surface area contributed by atoms with Gasteiger partial charge in [0, 0.05) is 0 Å². The van der Waals surface area contributed by atoms with Crippen LogP contribution in [-0.2, 0) is 33.5 Å². The minimum absolute atomic E-state index is 0.0835. The van der Waals surface area contributed by atoms with Gasteiger partial charge in [-0.2, -0.15) is 0 Å². The van der Waals surface area contributed by atoms with Crippen LogP contribution in [-0.4, -0.2) is 0 Å². The van der Waals surface area contributed by atoms with Crippen LogP contribution < -0.4 is 0 Å². The third-order valence-electron chi connectivity index (χ3n) is 7.35. The summed E-state index contributed by atoms with van der Waals surface area (Å²) in [6.45, 7) is 37.9. The van der Waals surface area contributed by atoms with Gasteiger partial charge in [0.2, 0.25) is 0 Å². The third-order valence-corrected chi connectivity index (χ3v) is 7.35. The fourth-order valence-electron chi connectivity index (χ4n) is 5.67. The largest absolute Gasteiger partial charge is 0.0587 e. The minimum Gasteiger partial charge on any atom is -0.0587 e. The first-order valence-corrected chi connectivity index (χ1v) is 13.8. The summed E-state index contributed by atoms with van der Waals surface area (Å²) in [6.07, 6.45) is 1.06. The number of hydrogen-bond acceptors (Lipinski definition) is 0. The van der Waals surface area contributed by atoms with Crippen LogP contribution >= 0.6 is 0 Å². The van der Waals surface area contributed by atoms with E-state index in [-0.39, 0.29) is 27.1 Å². The van der Waals surface area contributed by atoms with E-state index in [0.29, 0.717) is 5.92 Å². The zero-order chi connectivity index (χ0) is 27.4. The Kier molecular flexibility index (Phi) is 7.96. The fourth-order valence-corrected chi connectivity index (χ4v) is 5.67. The van der Waals surface area contributed by atoms with Crippen LogP contribution in [0.2, 0.25) is 0 Å². The van der Waals surface area contributed by atoms with E-state index in [1.54, 1.807) is 11.1 Å². The number of hydrogen-bond donors (Lipinski definition) is 0. The Morgan fingerprint density at radius 1 is 0.486 bits per heavy atom. The Hall–Kier alpha value is -1.56. The van der Waals surface area contributed by atoms with Gasteiger partial charge in [0.25, 0.3) is 0 Å². The maximum absolute atomic E-state index is 2.51. The molecule has 0 heterocycles. The fraction of sp³-hybridized carbons (Fsp3) is 0.657. The molecule has 0 saturated heterocycles. The van der Waals surface area contributed by atoms with Crippen molar-refractivity contribution in [1.29, 1.82) is 0 Å². The molecule has 0 amide bonds. The molecule has 0 bridgehead atoms. The molecule has 0 heteroatoms. The van der Waals surface area contributed by atoms with Crippen LogP contribution in [0.5, 0.6) is 0 Å². The molecule has 0 aromatic heterocycles. The van der Waals surface area contributed by atoms with Crippen LogP contribution in [0.25, 0.3) is 0 Å². The summed E-state index contributed by atoms with van der Waals surface area (Å²) in [7, 11) is 0. The van der Waals surface area contributed by atoms with Crippen LogP contribution in [0.1, 0.15) is 156 Å². The molecule has 0 radical (unpaired) electrons. The lowest BCUT2D eigenvalue weighted by atomic mass is 9.66. The molecule has 0 saturated carbocycles. The van der Waals surface area contributed by atoms with Gasteiger partial charge < -0.3 is 0 Å². The summed E-state index contributed by atoms with van der Waals surface area (Å²) >= 11 is 0.